The van der Waals surface area contributed by atoms with E-state index in [0.717, 1.165) is 6.08 Å². The zero-order chi connectivity index (χ0) is 12.1. The molecule has 1 radical (unpaired) electrons. The number of rotatable bonds is 4. The van der Waals surface area contributed by atoms with E-state index in [-0.39, 0.29) is 40.9 Å². The van der Waals surface area contributed by atoms with Crippen LogP contribution in [-0.4, -0.2) is 51.6 Å². The maximum Gasteiger partial charge on any atom is 0.339 e. The van der Waals surface area contributed by atoms with Crippen LogP contribution in [0.4, 0.5) is 5.69 Å². The van der Waals surface area contributed by atoms with Crippen molar-refractivity contribution >= 4 is 47.1 Å². The van der Waals surface area contributed by atoms with Crippen molar-refractivity contribution in [1.29, 1.82) is 0 Å². The first-order valence-electron chi connectivity index (χ1n) is 4.29. The van der Waals surface area contributed by atoms with Crippen LogP contribution in [0.5, 0.6) is 5.75 Å². The molecule has 17 heavy (non-hydrogen) atoms. The Morgan fingerprint density at radius 3 is 2.47 bits per heavy atom. The molecule has 1 aromatic rings. The Kier molecular flexibility index (Phi) is 6.34. The van der Waals surface area contributed by atoms with E-state index in [0.29, 0.717) is 5.69 Å². The van der Waals surface area contributed by atoms with Crippen LogP contribution in [0.15, 0.2) is 30.9 Å². The molecule has 0 saturated carbocycles. The largest absolute Gasteiger partial charge is 0.507 e. The van der Waals surface area contributed by atoms with E-state index in [1.54, 1.807) is 0 Å². The van der Waals surface area contributed by atoms with Gasteiger partial charge in [0.15, 0.2) is 0 Å². The standard InChI is InChI=1S/C10H10N2O4.Na/c1-2-9(14)12-11-6-3-4-7(10(15)16)8(13)5-6;/h2-5,11,13H,1H2,(H,12,14)(H,15,16);. The molecule has 0 unspecified atom stereocenters. The number of aromatic carboxylic acids is 1. The minimum atomic E-state index is -1.22. The second kappa shape index (κ2) is 6.95. The molecule has 0 aliphatic heterocycles. The van der Waals surface area contributed by atoms with Gasteiger partial charge in [-0.15, -0.1) is 0 Å². The summed E-state index contributed by atoms with van der Waals surface area (Å²) in [4.78, 5) is 21.4. The molecule has 0 atom stereocenters. The molecule has 0 bridgehead atoms. The van der Waals surface area contributed by atoms with Gasteiger partial charge in [0.05, 0.1) is 5.69 Å². The number of aromatic hydroxyl groups is 1. The van der Waals surface area contributed by atoms with Crippen LogP contribution in [0, 0.1) is 0 Å². The normalized spacial score (nSPS) is 8.71. The maximum atomic E-state index is 10.8. The molecular weight excluding hydrogens is 235 g/mol. The van der Waals surface area contributed by atoms with Crippen molar-refractivity contribution < 1.29 is 19.8 Å². The zero-order valence-electron chi connectivity index (χ0n) is 9.23. The first-order valence-corrected chi connectivity index (χ1v) is 4.29. The third kappa shape index (κ3) is 4.48. The number of hydrogen-bond acceptors (Lipinski definition) is 4. The molecule has 1 rings (SSSR count). The predicted molar refractivity (Wildman–Crippen MR) is 62.8 cm³/mol. The minimum Gasteiger partial charge on any atom is -0.507 e. The van der Waals surface area contributed by atoms with Gasteiger partial charge in [-0.25, -0.2) is 4.79 Å². The summed E-state index contributed by atoms with van der Waals surface area (Å²) >= 11 is 0. The number of hydrazine groups is 1. The maximum absolute atomic E-state index is 10.8. The van der Waals surface area contributed by atoms with Crippen LogP contribution >= 0.6 is 0 Å². The zero-order valence-corrected chi connectivity index (χ0v) is 11.2. The fourth-order valence-electron chi connectivity index (χ4n) is 0.975. The summed E-state index contributed by atoms with van der Waals surface area (Å²) in [5, 5.41) is 18.0. The van der Waals surface area contributed by atoms with Gasteiger partial charge < -0.3 is 10.2 Å². The van der Waals surface area contributed by atoms with Crippen molar-refractivity contribution in [3.05, 3.63) is 36.4 Å². The van der Waals surface area contributed by atoms with E-state index >= 15 is 0 Å². The summed E-state index contributed by atoms with van der Waals surface area (Å²) in [7, 11) is 0. The second-order valence-electron chi connectivity index (χ2n) is 2.86. The Balaban J connectivity index is 0.00000256. The molecule has 6 nitrogen and oxygen atoms in total. The van der Waals surface area contributed by atoms with Gasteiger partial charge >= 0.3 is 5.97 Å². The summed E-state index contributed by atoms with van der Waals surface area (Å²) < 4.78 is 0. The SMILES string of the molecule is C=CC(=O)NNc1ccc(C(=O)O)c(O)c1.[Na]. The van der Waals surface area contributed by atoms with Gasteiger partial charge in [-0.2, -0.15) is 0 Å². The third-order valence-electron chi connectivity index (χ3n) is 1.74. The molecule has 0 aliphatic carbocycles. The molecule has 1 amide bonds. The van der Waals surface area contributed by atoms with Crippen LogP contribution in [0.3, 0.4) is 0 Å². The van der Waals surface area contributed by atoms with Crippen LogP contribution in [0.1, 0.15) is 10.4 Å². The van der Waals surface area contributed by atoms with Gasteiger partial charge in [-0.3, -0.25) is 15.6 Å². The van der Waals surface area contributed by atoms with Crippen LogP contribution in [0.25, 0.3) is 0 Å². The van der Waals surface area contributed by atoms with E-state index in [2.05, 4.69) is 17.4 Å². The molecule has 4 N–H and O–H groups in total. The summed E-state index contributed by atoms with van der Waals surface area (Å²) in [5.74, 6) is -2.05. The van der Waals surface area contributed by atoms with Gasteiger partial charge in [-0.05, 0) is 18.2 Å². The van der Waals surface area contributed by atoms with Gasteiger partial charge in [0.25, 0.3) is 5.91 Å². The quantitative estimate of drug-likeness (QED) is 0.348. The smallest absolute Gasteiger partial charge is 0.339 e. The molecule has 0 heterocycles. The topological polar surface area (TPSA) is 98.7 Å². The number of hydrogen-bond donors (Lipinski definition) is 4. The van der Waals surface area contributed by atoms with E-state index in [1.807, 2.05) is 0 Å². The number of phenols is 1. The molecule has 0 aliphatic rings. The Labute approximate surface area is 120 Å². The second-order valence-corrected chi connectivity index (χ2v) is 2.86. The first kappa shape index (κ1) is 15.5. The Bertz CT molecular complexity index is 448. The molecular formula is C10H10N2NaO4. The molecule has 0 fully saturated rings. The van der Waals surface area contributed by atoms with Crippen LogP contribution < -0.4 is 10.9 Å². The molecule has 1 aromatic carbocycles. The van der Waals surface area contributed by atoms with Crippen molar-refractivity contribution in [2.45, 2.75) is 0 Å². The molecule has 0 spiro atoms. The molecule has 7 heteroatoms. The number of carboxylic acids is 1. The number of anilines is 1. The van der Waals surface area contributed by atoms with E-state index in [9.17, 15) is 14.7 Å². The fraction of sp³-hybridized carbons (Fsp3) is 0. The summed E-state index contributed by atoms with van der Waals surface area (Å²) in [6.07, 6.45) is 1.07. The van der Waals surface area contributed by atoms with E-state index in [1.165, 1.54) is 18.2 Å². The fourth-order valence-corrected chi connectivity index (χ4v) is 0.975. The molecule has 0 aromatic heterocycles. The Morgan fingerprint density at radius 2 is 2.00 bits per heavy atom. The van der Waals surface area contributed by atoms with Gasteiger partial charge in [0.2, 0.25) is 0 Å². The van der Waals surface area contributed by atoms with E-state index in [4.69, 9.17) is 5.11 Å². The number of amides is 1. The Morgan fingerprint density at radius 1 is 1.35 bits per heavy atom. The number of nitrogens with one attached hydrogen (secondary N) is 2. The monoisotopic (exact) mass is 245 g/mol. The van der Waals surface area contributed by atoms with Crippen molar-refractivity contribution in [1.82, 2.24) is 5.43 Å². The molecule has 85 valence electrons. The summed E-state index contributed by atoms with van der Waals surface area (Å²) in [6.45, 7) is 3.25. The van der Waals surface area contributed by atoms with Crippen molar-refractivity contribution in [2.24, 2.45) is 0 Å². The van der Waals surface area contributed by atoms with Crippen molar-refractivity contribution in [3.8, 4) is 5.75 Å². The average Bonchev–Trinajstić information content (AvgIpc) is 2.25. The first-order chi connectivity index (χ1) is 7.54. The minimum absolute atomic E-state index is 0. The van der Waals surface area contributed by atoms with Gasteiger partial charge in [-0.1, -0.05) is 6.58 Å². The number of carbonyl (C=O) groups excluding carboxylic acids is 1. The third-order valence-corrected chi connectivity index (χ3v) is 1.74. The summed E-state index contributed by atoms with van der Waals surface area (Å²) in [6, 6.07) is 3.82. The van der Waals surface area contributed by atoms with Crippen LogP contribution in [-0.2, 0) is 4.79 Å². The molecule has 0 saturated heterocycles. The van der Waals surface area contributed by atoms with Gasteiger partial charge in [0, 0.05) is 35.6 Å². The summed E-state index contributed by atoms with van der Waals surface area (Å²) in [5.41, 5.74) is 4.89. The predicted octanol–water partition coefficient (Wildman–Crippen LogP) is 0.339. The van der Waals surface area contributed by atoms with Crippen LogP contribution in [0.2, 0.25) is 0 Å². The number of benzene rings is 1. The average molecular weight is 245 g/mol. The van der Waals surface area contributed by atoms with Crippen molar-refractivity contribution in [3.63, 3.8) is 0 Å². The number of carboxylic acid groups (broad SMARTS) is 1. The van der Waals surface area contributed by atoms with Crippen molar-refractivity contribution in [2.75, 3.05) is 5.43 Å². The Hall–Kier alpha value is -1.50. The van der Waals surface area contributed by atoms with E-state index < -0.39 is 11.9 Å². The van der Waals surface area contributed by atoms with Gasteiger partial charge in [0.1, 0.15) is 11.3 Å². The number of carbonyl (C=O) groups is 2.